The normalized spacial score (nSPS) is 18.9. The maximum absolute atomic E-state index is 5.97. The van der Waals surface area contributed by atoms with Gasteiger partial charge in [0, 0.05) is 42.9 Å². The average Bonchev–Trinajstić information content (AvgIpc) is 3.38. The van der Waals surface area contributed by atoms with Crippen LogP contribution in [0, 0.1) is 0 Å². The molecule has 4 aromatic rings. The summed E-state index contributed by atoms with van der Waals surface area (Å²) in [4.78, 5) is 14.2. The van der Waals surface area contributed by atoms with Crippen LogP contribution in [0.3, 0.4) is 0 Å². The molecule has 2 aliphatic rings. The Morgan fingerprint density at radius 3 is 2.76 bits per heavy atom. The maximum Gasteiger partial charge on any atom is 0.298 e. The third-order valence-corrected chi connectivity index (χ3v) is 7.09. The molecule has 1 aliphatic carbocycles. The van der Waals surface area contributed by atoms with Gasteiger partial charge in [-0.25, -0.2) is 4.98 Å². The van der Waals surface area contributed by atoms with E-state index in [1.165, 1.54) is 23.1 Å². The summed E-state index contributed by atoms with van der Waals surface area (Å²) in [5.41, 5.74) is 6.50. The molecule has 1 atom stereocenters. The summed E-state index contributed by atoms with van der Waals surface area (Å²) in [7, 11) is 6.50. The van der Waals surface area contributed by atoms with E-state index in [-0.39, 0.29) is 0 Å². The second-order valence-electron chi connectivity index (χ2n) is 9.32. The molecule has 33 heavy (non-hydrogen) atoms. The first-order valence-corrected chi connectivity index (χ1v) is 11.7. The van der Waals surface area contributed by atoms with Crippen molar-refractivity contribution < 1.29 is 9.15 Å². The molecule has 0 amide bonds. The Labute approximate surface area is 193 Å². The number of anilines is 3. The second-order valence-corrected chi connectivity index (χ2v) is 9.32. The van der Waals surface area contributed by atoms with Gasteiger partial charge in [0.1, 0.15) is 17.0 Å². The van der Waals surface area contributed by atoms with Gasteiger partial charge in [-0.1, -0.05) is 0 Å². The van der Waals surface area contributed by atoms with Crippen molar-refractivity contribution in [3.8, 4) is 0 Å². The average molecular weight is 447 g/mol. The van der Waals surface area contributed by atoms with E-state index in [4.69, 9.17) is 19.1 Å². The second kappa shape index (κ2) is 8.04. The largest absolute Gasteiger partial charge is 0.423 e. The van der Waals surface area contributed by atoms with Crippen LogP contribution in [0.2, 0.25) is 0 Å². The Bertz CT molecular complexity index is 1320. The van der Waals surface area contributed by atoms with Crippen LogP contribution in [-0.2, 0) is 24.6 Å². The standard InChI is InChI=1S/C25H30N6O2/c1-29(2)17-5-7-21-19(15-17)18-6-9-23(28-24(18)30(21)3)26-16-4-8-22-20(14-16)27-25(33-22)31-10-12-32-13-11-31/h4,6,8-9,14,17H,5,7,10-13,15H2,1-3H3,(H,26,28)/t17-/m1/s1. The number of aromatic nitrogens is 3. The van der Waals surface area contributed by atoms with E-state index in [0.717, 1.165) is 54.2 Å². The zero-order valence-corrected chi connectivity index (χ0v) is 19.5. The summed E-state index contributed by atoms with van der Waals surface area (Å²) < 4.78 is 13.7. The first-order valence-electron chi connectivity index (χ1n) is 11.7. The van der Waals surface area contributed by atoms with Gasteiger partial charge in [-0.05, 0) is 69.3 Å². The van der Waals surface area contributed by atoms with Crippen molar-refractivity contribution in [1.29, 1.82) is 0 Å². The highest BCUT2D eigenvalue weighted by Crippen LogP contribution is 2.33. The van der Waals surface area contributed by atoms with Crippen molar-refractivity contribution in [2.24, 2.45) is 7.05 Å². The fourth-order valence-electron chi connectivity index (χ4n) is 5.15. The zero-order valence-electron chi connectivity index (χ0n) is 19.5. The molecule has 8 nitrogen and oxygen atoms in total. The molecule has 1 saturated heterocycles. The van der Waals surface area contributed by atoms with Crippen LogP contribution in [0.25, 0.3) is 22.1 Å². The van der Waals surface area contributed by atoms with E-state index in [9.17, 15) is 0 Å². The topological polar surface area (TPSA) is 71.6 Å². The number of hydrogen-bond acceptors (Lipinski definition) is 7. The van der Waals surface area contributed by atoms with Gasteiger partial charge >= 0.3 is 0 Å². The number of nitrogens with zero attached hydrogens (tertiary/aromatic N) is 5. The Morgan fingerprint density at radius 2 is 1.94 bits per heavy atom. The molecule has 0 bridgehead atoms. The van der Waals surface area contributed by atoms with Crippen LogP contribution in [0.5, 0.6) is 0 Å². The number of rotatable bonds is 4. The zero-order chi connectivity index (χ0) is 22.5. The molecule has 0 radical (unpaired) electrons. The molecule has 0 spiro atoms. The lowest BCUT2D eigenvalue weighted by Crippen LogP contribution is -2.36. The van der Waals surface area contributed by atoms with Crippen molar-refractivity contribution in [3.05, 3.63) is 41.6 Å². The van der Waals surface area contributed by atoms with Gasteiger partial charge in [0.2, 0.25) is 0 Å². The van der Waals surface area contributed by atoms with Crippen LogP contribution < -0.4 is 10.2 Å². The summed E-state index contributed by atoms with van der Waals surface area (Å²) in [6, 6.07) is 11.6. The number of hydrogen-bond donors (Lipinski definition) is 1. The fourth-order valence-corrected chi connectivity index (χ4v) is 5.15. The number of morpholine rings is 1. The van der Waals surface area contributed by atoms with Gasteiger partial charge in [-0.15, -0.1) is 0 Å². The van der Waals surface area contributed by atoms with Crippen molar-refractivity contribution in [2.75, 3.05) is 50.6 Å². The minimum absolute atomic E-state index is 0.595. The predicted octanol–water partition coefficient (Wildman–Crippen LogP) is 3.71. The third kappa shape index (κ3) is 3.63. The fraction of sp³-hybridized carbons (Fsp3) is 0.440. The molecule has 8 heteroatoms. The van der Waals surface area contributed by atoms with Crippen LogP contribution in [0.4, 0.5) is 17.5 Å². The quantitative estimate of drug-likeness (QED) is 0.512. The van der Waals surface area contributed by atoms with Gasteiger partial charge in [0.25, 0.3) is 6.01 Å². The van der Waals surface area contributed by atoms with E-state index < -0.39 is 0 Å². The number of benzene rings is 1. The first kappa shape index (κ1) is 20.5. The minimum atomic E-state index is 0.595. The molecule has 3 aromatic heterocycles. The maximum atomic E-state index is 5.97. The Morgan fingerprint density at radius 1 is 1.09 bits per heavy atom. The number of pyridine rings is 1. The summed E-state index contributed by atoms with van der Waals surface area (Å²) in [5, 5.41) is 4.73. The van der Waals surface area contributed by atoms with E-state index >= 15 is 0 Å². The number of likely N-dealkylation sites (N-methyl/N-ethyl adjacent to an activating group) is 1. The Kier molecular flexibility index (Phi) is 4.99. The summed E-state index contributed by atoms with van der Waals surface area (Å²) in [6.45, 7) is 3.02. The molecule has 1 N–H and O–H groups in total. The molecule has 0 saturated carbocycles. The van der Waals surface area contributed by atoms with E-state index in [1.807, 2.05) is 18.2 Å². The Hall–Kier alpha value is -3.10. The molecule has 0 unspecified atom stereocenters. The lowest BCUT2D eigenvalue weighted by molar-refractivity contribution is 0.120. The van der Waals surface area contributed by atoms with Crippen molar-refractivity contribution >= 4 is 39.7 Å². The van der Waals surface area contributed by atoms with Crippen LogP contribution in [0.1, 0.15) is 17.7 Å². The lowest BCUT2D eigenvalue weighted by Gasteiger charge is -2.28. The summed E-state index contributed by atoms with van der Waals surface area (Å²) >= 11 is 0. The highest BCUT2D eigenvalue weighted by Gasteiger charge is 2.26. The molecule has 1 aliphatic heterocycles. The highest BCUT2D eigenvalue weighted by molar-refractivity contribution is 5.85. The SMILES string of the molecule is CN(C)[C@@H]1CCc2c(c3ccc(Nc4ccc5oc(N6CCOCC6)nc5c4)nc3n2C)C1. The minimum Gasteiger partial charge on any atom is -0.423 e. The number of nitrogens with one attached hydrogen (secondary N) is 1. The number of ether oxygens (including phenoxy) is 1. The van der Waals surface area contributed by atoms with E-state index in [2.05, 4.69) is 53.0 Å². The van der Waals surface area contributed by atoms with E-state index in [1.54, 1.807) is 0 Å². The number of fused-ring (bicyclic) bond motifs is 4. The van der Waals surface area contributed by atoms with Crippen molar-refractivity contribution in [2.45, 2.75) is 25.3 Å². The van der Waals surface area contributed by atoms with Crippen molar-refractivity contribution in [1.82, 2.24) is 19.4 Å². The number of oxazole rings is 1. The summed E-state index contributed by atoms with van der Waals surface area (Å²) in [5.74, 6) is 0.834. The number of aryl methyl sites for hydroxylation is 1. The van der Waals surface area contributed by atoms with Gasteiger partial charge in [0.05, 0.1) is 13.2 Å². The molecular weight excluding hydrogens is 416 g/mol. The molecular formula is C25H30N6O2. The van der Waals surface area contributed by atoms with Crippen molar-refractivity contribution in [3.63, 3.8) is 0 Å². The van der Waals surface area contributed by atoms with Crippen LogP contribution >= 0.6 is 0 Å². The van der Waals surface area contributed by atoms with E-state index in [0.29, 0.717) is 25.3 Å². The molecule has 4 heterocycles. The van der Waals surface area contributed by atoms with Gasteiger partial charge in [-0.3, -0.25) is 0 Å². The molecule has 1 fully saturated rings. The molecule has 172 valence electrons. The Balaban J connectivity index is 1.28. The van der Waals surface area contributed by atoms with Crippen LogP contribution in [-0.4, -0.2) is 65.9 Å². The smallest absolute Gasteiger partial charge is 0.298 e. The lowest BCUT2D eigenvalue weighted by atomic mass is 9.91. The van der Waals surface area contributed by atoms with Gasteiger partial charge in [-0.2, -0.15) is 4.98 Å². The molecule has 1 aromatic carbocycles. The highest BCUT2D eigenvalue weighted by atomic mass is 16.5. The monoisotopic (exact) mass is 446 g/mol. The van der Waals surface area contributed by atoms with Gasteiger partial charge < -0.3 is 28.8 Å². The van der Waals surface area contributed by atoms with Gasteiger partial charge in [0.15, 0.2) is 5.58 Å². The first-order chi connectivity index (χ1) is 16.1. The molecule has 6 rings (SSSR count). The predicted molar refractivity (Wildman–Crippen MR) is 131 cm³/mol. The summed E-state index contributed by atoms with van der Waals surface area (Å²) in [6.07, 6.45) is 3.38. The van der Waals surface area contributed by atoms with Crippen LogP contribution in [0.15, 0.2) is 34.7 Å². The third-order valence-electron chi connectivity index (χ3n) is 7.09.